The van der Waals surface area contributed by atoms with E-state index in [0.717, 1.165) is 17.7 Å². The fourth-order valence-corrected chi connectivity index (χ4v) is 1.98. The molecule has 2 aromatic carbocycles. The summed E-state index contributed by atoms with van der Waals surface area (Å²) in [6.45, 7) is 6.80. The third kappa shape index (κ3) is 3.78. The quantitative estimate of drug-likeness (QED) is 0.784. The van der Waals surface area contributed by atoms with E-state index in [0.29, 0.717) is 6.54 Å². The predicted octanol–water partition coefficient (Wildman–Crippen LogP) is 5.01. The normalized spacial score (nSPS) is 11.5. The van der Waals surface area contributed by atoms with Gasteiger partial charge in [-0.25, -0.2) is 13.2 Å². The van der Waals surface area contributed by atoms with E-state index >= 15 is 0 Å². The fourth-order valence-electron chi connectivity index (χ4n) is 1.98. The van der Waals surface area contributed by atoms with Crippen LogP contribution in [0.5, 0.6) is 0 Å². The monoisotopic (exact) mass is 293 g/mol. The van der Waals surface area contributed by atoms with E-state index in [1.807, 2.05) is 24.3 Å². The molecule has 0 aromatic heterocycles. The highest BCUT2D eigenvalue weighted by molar-refractivity contribution is 5.45. The lowest BCUT2D eigenvalue weighted by Crippen LogP contribution is -2.11. The molecule has 0 heterocycles. The summed E-state index contributed by atoms with van der Waals surface area (Å²) in [4.78, 5) is 0. The highest BCUT2D eigenvalue weighted by Gasteiger charge is 2.13. The lowest BCUT2D eigenvalue weighted by atomic mass is 9.87. The molecule has 112 valence electrons. The molecule has 0 bridgehead atoms. The third-order valence-electron chi connectivity index (χ3n) is 3.30. The lowest BCUT2D eigenvalue weighted by molar-refractivity contribution is 0.447. The molecule has 0 aliphatic rings. The number of hydrogen-bond donors (Lipinski definition) is 1. The van der Waals surface area contributed by atoms with Gasteiger partial charge < -0.3 is 5.32 Å². The van der Waals surface area contributed by atoms with Gasteiger partial charge in [0.25, 0.3) is 0 Å². The Bertz CT molecular complexity index is 604. The molecule has 0 saturated carbocycles. The fraction of sp³-hybridized carbons (Fsp3) is 0.294. The summed E-state index contributed by atoms with van der Waals surface area (Å²) in [6, 6.07) is 9.88. The van der Waals surface area contributed by atoms with Gasteiger partial charge in [-0.05, 0) is 16.5 Å². The maximum absolute atomic E-state index is 13.1. The van der Waals surface area contributed by atoms with E-state index in [9.17, 15) is 13.2 Å². The van der Waals surface area contributed by atoms with E-state index in [2.05, 4.69) is 26.1 Å². The van der Waals surface area contributed by atoms with Gasteiger partial charge in [-0.1, -0.05) is 45.0 Å². The molecule has 21 heavy (non-hydrogen) atoms. The number of benzene rings is 2. The smallest absolute Gasteiger partial charge is 0.194 e. The van der Waals surface area contributed by atoms with Crippen LogP contribution in [0.25, 0.3) is 0 Å². The minimum Gasteiger partial charge on any atom is -0.381 e. The van der Waals surface area contributed by atoms with Crippen molar-refractivity contribution in [1.82, 2.24) is 0 Å². The topological polar surface area (TPSA) is 12.0 Å². The van der Waals surface area contributed by atoms with Crippen LogP contribution in [0, 0.1) is 17.5 Å². The van der Waals surface area contributed by atoms with Crippen molar-refractivity contribution in [3.05, 3.63) is 65.0 Å². The molecule has 4 heteroatoms. The van der Waals surface area contributed by atoms with Gasteiger partial charge in [-0.15, -0.1) is 0 Å². The maximum Gasteiger partial charge on any atom is 0.194 e. The minimum atomic E-state index is -1.45. The van der Waals surface area contributed by atoms with Gasteiger partial charge in [0, 0.05) is 24.4 Å². The van der Waals surface area contributed by atoms with Crippen molar-refractivity contribution < 1.29 is 13.2 Å². The van der Waals surface area contributed by atoms with Gasteiger partial charge in [0.15, 0.2) is 17.5 Å². The molecular weight excluding hydrogens is 275 g/mol. The van der Waals surface area contributed by atoms with Crippen LogP contribution in [0.2, 0.25) is 0 Å². The summed E-state index contributed by atoms with van der Waals surface area (Å²) < 4.78 is 39.0. The zero-order valence-electron chi connectivity index (χ0n) is 12.3. The van der Waals surface area contributed by atoms with Crippen molar-refractivity contribution in [2.45, 2.75) is 32.7 Å². The van der Waals surface area contributed by atoms with Crippen LogP contribution in [-0.4, -0.2) is 0 Å². The Kier molecular flexibility index (Phi) is 4.26. The summed E-state index contributed by atoms with van der Waals surface area (Å²) in [5.41, 5.74) is 2.49. The van der Waals surface area contributed by atoms with Crippen LogP contribution in [0.3, 0.4) is 0 Å². The molecule has 0 spiro atoms. The Hall–Kier alpha value is -1.97. The first-order chi connectivity index (χ1) is 9.77. The maximum atomic E-state index is 13.1. The second kappa shape index (κ2) is 5.80. The van der Waals surface area contributed by atoms with Gasteiger partial charge in [0.2, 0.25) is 0 Å². The lowest BCUT2D eigenvalue weighted by Gasteiger charge is -2.19. The molecule has 0 saturated heterocycles. The van der Waals surface area contributed by atoms with Crippen molar-refractivity contribution in [1.29, 1.82) is 0 Å². The van der Waals surface area contributed by atoms with Crippen molar-refractivity contribution in [3.8, 4) is 0 Å². The second-order valence-electron chi connectivity index (χ2n) is 6.05. The number of halogens is 3. The Labute approximate surface area is 122 Å². The van der Waals surface area contributed by atoms with E-state index < -0.39 is 17.5 Å². The zero-order valence-corrected chi connectivity index (χ0v) is 12.3. The molecule has 1 nitrogen and oxygen atoms in total. The average Bonchev–Trinajstić information content (AvgIpc) is 2.42. The number of anilines is 1. The van der Waals surface area contributed by atoms with Crippen molar-refractivity contribution in [2.24, 2.45) is 0 Å². The van der Waals surface area contributed by atoms with Crippen molar-refractivity contribution in [2.75, 3.05) is 5.32 Å². The molecule has 0 amide bonds. The summed E-state index contributed by atoms with van der Waals surface area (Å²) in [5, 5.41) is 2.88. The molecule has 0 aliphatic heterocycles. The van der Waals surface area contributed by atoms with E-state index in [1.54, 1.807) is 0 Å². The first-order valence-electron chi connectivity index (χ1n) is 6.75. The van der Waals surface area contributed by atoms with E-state index in [1.165, 1.54) is 5.56 Å². The van der Waals surface area contributed by atoms with Crippen LogP contribution >= 0.6 is 0 Å². The summed E-state index contributed by atoms with van der Waals surface area (Å²) >= 11 is 0. The van der Waals surface area contributed by atoms with Gasteiger partial charge >= 0.3 is 0 Å². The number of nitrogens with one attached hydrogen (secondary N) is 1. The van der Waals surface area contributed by atoms with Crippen LogP contribution in [-0.2, 0) is 12.0 Å². The van der Waals surface area contributed by atoms with Gasteiger partial charge in [0.1, 0.15) is 0 Å². The molecule has 2 rings (SSSR count). The van der Waals surface area contributed by atoms with Gasteiger partial charge in [-0.3, -0.25) is 0 Å². The first-order valence-corrected chi connectivity index (χ1v) is 6.75. The predicted molar refractivity (Wildman–Crippen MR) is 78.8 cm³/mol. The van der Waals surface area contributed by atoms with Crippen LogP contribution in [0.4, 0.5) is 18.9 Å². The zero-order chi connectivity index (χ0) is 15.6. The summed E-state index contributed by atoms with van der Waals surface area (Å²) in [5.74, 6) is -3.84. The Morgan fingerprint density at radius 3 is 1.90 bits per heavy atom. The SMILES string of the molecule is CC(C)(C)c1ccc(CNc2cc(F)c(F)c(F)c2)cc1. The molecule has 0 fully saturated rings. The minimum absolute atomic E-state index is 0.0785. The van der Waals surface area contributed by atoms with Crippen LogP contribution in [0.1, 0.15) is 31.9 Å². The van der Waals surface area contributed by atoms with Crippen LogP contribution < -0.4 is 5.32 Å². The van der Waals surface area contributed by atoms with Crippen LogP contribution in [0.15, 0.2) is 36.4 Å². The molecule has 2 aromatic rings. The summed E-state index contributed by atoms with van der Waals surface area (Å²) in [7, 11) is 0. The molecular formula is C17H18F3N. The Morgan fingerprint density at radius 1 is 0.905 bits per heavy atom. The molecule has 0 atom stereocenters. The van der Waals surface area contributed by atoms with E-state index in [-0.39, 0.29) is 11.1 Å². The molecule has 0 radical (unpaired) electrons. The second-order valence-corrected chi connectivity index (χ2v) is 6.05. The highest BCUT2D eigenvalue weighted by Crippen LogP contribution is 2.23. The van der Waals surface area contributed by atoms with Gasteiger partial charge in [0.05, 0.1) is 0 Å². The summed E-state index contributed by atoms with van der Waals surface area (Å²) in [6.07, 6.45) is 0. The molecule has 1 N–H and O–H groups in total. The van der Waals surface area contributed by atoms with Gasteiger partial charge in [-0.2, -0.15) is 0 Å². The highest BCUT2D eigenvalue weighted by atomic mass is 19.2. The third-order valence-corrected chi connectivity index (χ3v) is 3.30. The average molecular weight is 293 g/mol. The number of hydrogen-bond acceptors (Lipinski definition) is 1. The number of rotatable bonds is 3. The largest absolute Gasteiger partial charge is 0.381 e. The Balaban J connectivity index is 2.07. The molecule has 0 aliphatic carbocycles. The standard InChI is InChI=1S/C17H18F3N/c1-17(2,3)12-6-4-11(5-7-12)10-21-13-8-14(18)16(20)15(19)9-13/h4-9,21H,10H2,1-3H3. The first kappa shape index (κ1) is 15.4. The Morgan fingerprint density at radius 2 is 1.43 bits per heavy atom. The van der Waals surface area contributed by atoms with E-state index in [4.69, 9.17) is 0 Å². The van der Waals surface area contributed by atoms with Crippen molar-refractivity contribution in [3.63, 3.8) is 0 Å². The molecule has 0 unspecified atom stereocenters. The van der Waals surface area contributed by atoms with Crippen molar-refractivity contribution >= 4 is 5.69 Å².